The van der Waals surface area contributed by atoms with Crippen LogP contribution in [0.3, 0.4) is 0 Å². The lowest BCUT2D eigenvalue weighted by molar-refractivity contribution is 0.102. The Kier molecular flexibility index (Phi) is 4.03. The van der Waals surface area contributed by atoms with E-state index in [1.165, 1.54) is 30.6 Å². The van der Waals surface area contributed by atoms with Gasteiger partial charge < -0.3 is 4.42 Å². The number of carbonyl (C=O) groups is 1. The number of nitrogens with one attached hydrogen (secondary N) is 1. The van der Waals surface area contributed by atoms with Crippen molar-refractivity contribution in [2.45, 2.75) is 38.0 Å². The summed E-state index contributed by atoms with van der Waals surface area (Å²) in [6, 6.07) is 3.50. The molecule has 2 heterocycles. The first-order valence-electron chi connectivity index (χ1n) is 6.62. The molecular weight excluding hydrogens is 298 g/mol. The Labute approximate surface area is 125 Å². The Morgan fingerprint density at radius 2 is 2.10 bits per heavy atom. The summed E-state index contributed by atoms with van der Waals surface area (Å²) < 4.78 is 6.11. The largest absolute Gasteiger partial charge is 0.408 e. The summed E-state index contributed by atoms with van der Waals surface area (Å²) in [5.74, 6) is 0.683. The lowest BCUT2D eigenvalue weighted by Crippen LogP contribution is -2.10. The van der Waals surface area contributed by atoms with E-state index in [1.54, 1.807) is 12.1 Å². The minimum atomic E-state index is -0.277. The Balaban J connectivity index is 1.66. The van der Waals surface area contributed by atoms with Crippen molar-refractivity contribution in [3.8, 4) is 0 Å². The van der Waals surface area contributed by atoms with Crippen molar-refractivity contribution >= 4 is 34.9 Å². The van der Waals surface area contributed by atoms with E-state index in [2.05, 4.69) is 15.5 Å². The molecule has 1 aliphatic carbocycles. The van der Waals surface area contributed by atoms with Crippen molar-refractivity contribution in [3.05, 3.63) is 27.2 Å². The van der Waals surface area contributed by atoms with Gasteiger partial charge in [0.2, 0.25) is 5.89 Å². The molecule has 0 unspecified atom stereocenters. The molecule has 2 aromatic rings. The van der Waals surface area contributed by atoms with Crippen LogP contribution in [-0.4, -0.2) is 16.1 Å². The molecule has 1 amide bonds. The van der Waals surface area contributed by atoms with Crippen LogP contribution in [0.15, 0.2) is 16.5 Å². The molecule has 106 valence electrons. The van der Waals surface area contributed by atoms with Gasteiger partial charge in [0.15, 0.2) is 0 Å². The molecule has 0 spiro atoms. The highest BCUT2D eigenvalue weighted by Crippen LogP contribution is 2.32. The van der Waals surface area contributed by atoms with Gasteiger partial charge in [0, 0.05) is 5.92 Å². The van der Waals surface area contributed by atoms with Gasteiger partial charge >= 0.3 is 6.01 Å². The second-order valence-electron chi connectivity index (χ2n) is 4.84. The average molecular weight is 312 g/mol. The molecule has 3 rings (SSSR count). The SMILES string of the molecule is O=C(Nc1nnc(C2CCCCC2)o1)c1ccc(Cl)s1. The molecule has 0 bridgehead atoms. The third kappa shape index (κ3) is 3.02. The molecule has 1 aliphatic rings. The zero-order chi connectivity index (χ0) is 13.9. The number of carbonyl (C=O) groups excluding carboxylic acids is 1. The molecule has 1 saturated carbocycles. The van der Waals surface area contributed by atoms with Gasteiger partial charge in [-0.2, -0.15) is 0 Å². The molecule has 1 fully saturated rings. The molecule has 0 atom stereocenters. The molecule has 0 saturated heterocycles. The van der Waals surface area contributed by atoms with E-state index in [1.807, 2.05) is 0 Å². The third-order valence-corrected chi connectivity index (χ3v) is 4.64. The highest BCUT2D eigenvalue weighted by Gasteiger charge is 2.22. The summed E-state index contributed by atoms with van der Waals surface area (Å²) in [6.45, 7) is 0. The summed E-state index contributed by atoms with van der Waals surface area (Å²) in [5.41, 5.74) is 0. The third-order valence-electron chi connectivity index (χ3n) is 3.41. The zero-order valence-electron chi connectivity index (χ0n) is 10.8. The second-order valence-corrected chi connectivity index (χ2v) is 6.55. The van der Waals surface area contributed by atoms with Crippen LogP contribution in [0.2, 0.25) is 4.34 Å². The first-order valence-corrected chi connectivity index (χ1v) is 7.82. The lowest BCUT2D eigenvalue weighted by atomic mass is 9.89. The van der Waals surface area contributed by atoms with Gasteiger partial charge in [-0.15, -0.1) is 16.4 Å². The topological polar surface area (TPSA) is 68.0 Å². The molecule has 1 N–H and O–H groups in total. The Morgan fingerprint density at radius 1 is 1.30 bits per heavy atom. The molecule has 20 heavy (non-hydrogen) atoms. The summed E-state index contributed by atoms with van der Waals surface area (Å²) in [4.78, 5) is 12.4. The number of rotatable bonds is 3. The van der Waals surface area contributed by atoms with Gasteiger partial charge in [0.25, 0.3) is 5.91 Å². The predicted octanol–water partition coefficient (Wildman–Crippen LogP) is 4.08. The van der Waals surface area contributed by atoms with Gasteiger partial charge in [-0.25, -0.2) is 0 Å². The maximum atomic E-state index is 11.9. The monoisotopic (exact) mass is 311 g/mol. The van der Waals surface area contributed by atoms with Crippen molar-refractivity contribution in [2.24, 2.45) is 0 Å². The molecular formula is C13H14ClN3O2S. The quantitative estimate of drug-likeness (QED) is 0.927. The fourth-order valence-corrected chi connectivity index (χ4v) is 3.33. The van der Waals surface area contributed by atoms with E-state index in [-0.39, 0.29) is 11.9 Å². The van der Waals surface area contributed by atoms with Crippen molar-refractivity contribution in [3.63, 3.8) is 0 Å². The number of nitrogens with zero attached hydrogens (tertiary/aromatic N) is 2. The van der Waals surface area contributed by atoms with Crippen LogP contribution in [-0.2, 0) is 0 Å². The molecule has 5 nitrogen and oxygen atoms in total. The van der Waals surface area contributed by atoms with Crippen LogP contribution in [0, 0.1) is 0 Å². The van der Waals surface area contributed by atoms with Crippen molar-refractivity contribution in [2.75, 3.05) is 5.32 Å². The van der Waals surface area contributed by atoms with E-state index < -0.39 is 0 Å². The predicted molar refractivity (Wildman–Crippen MR) is 77.4 cm³/mol. The molecule has 0 radical (unpaired) electrons. The lowest BCUT2D eigenvalue weighted by Gasteiger charge is -2.17. The minimum absolute atomic E-state index is 0.153. The maximum Gasteiger partial charge on any atom is 0.322 e. The Morgan fingerprint density at radius 3 is 2.80 bits per heavy atom. The highest BCUT2D eigenvalue weighted by molar-refractivity contribution is 7.18. The van der Waals surface area contributed by atoms with Gasteiger partial charge in [-0.05, 0) is 25.0 Å². The fraction of sp³-hybridized carbons (Fsp3) is 0.462. The zero-order valence-corrected chi connectivity index (χ0v) is 12.3. The van der Waals surface area contributed by atoms with Crippen LogP contribution in [0.25, 0.3) is 0 Å². The normalized spacial score (nSPS) is 16.2. The summed E-state index contributed by atoms with van der Waals surface area (Å²) >= 11 is 7.01. The molecule has 0 aliphatic heterocycles. The standard InChI is InChI=1S/C13H14ClN3O2S/c14-10-7-6-9(20-10)11(18)15-13-17-16-12(19-13)8-4-2-1-3-5-8/h6-8H,1-5H2,(H,15,17,18). The van der Waals surface area contributed by atoms with E-state index >= 15 is 0 Å². The van der Waals surface area contributed by atoms with Gasteiger partial charge in [-0.3, -0.25) is 10.1 Å². The van der Waals surface area contributed by atoms with Gasteiger partial charge in [0.1, 0.15) is 0 Å². The summed E-state index contributed by atoms with van der Waals surface area (Å²) in [6.07, 6.45) is 5.82. The number of anilines is 1. The van der Waals surface area contributed by atoms with E-state index in [0.29, 0.717) is 21.0 Å². The number of halogens is 1. The van der Waals surface area contributed by atoms with Crippen molar-refractivity contribution < 1.29 is 9.21 Å². The number of hydrogen-bond donors (Lipinski definition) is 1. The van der Waals surface area contributed by atoms with Crippen molar-refractivity contribution in [1.29, 1.82) is 0 Å². The van der Waals surface area contributed by atoms with E-state index in [9.17, 15) is 4.79 Å². The fourth-order valence-electron chi connectivity index (χ4n) is 2.39. The van der Waals surface area contributed by atoms with Crippen LogP contribution in [0.5, 0.6) is 0 Å². The number of hydrogen-bond acceptors (Lipinski definition) is 5. The van der Waals surface area contributed by atoms with Gasteiger partial charge in [-0.1, -0.05) is 36.0 Å². The van der Waals surface area contributed by atoms with Crippen LogP contribution in [0.4, 0.5) is 6.01 Å². The minimum Gasteiger partial charge on any atom is -0.408 e. The first kappa shape index (κ1) is 13.6. The smallest absolute Gasteiger partial charge is 0.322 e. The Hall–Kier alpha value is -1.40. The second kappa shape index (κ2) is 5.93. The number of amides is 1. The number of thiophene rings is 1. The summed E-state index contributed by atoms with van der Waals surface area (Å²) in [7, 11) is 0. The van der Waals surface area contributed by atoms with E-state index in [4.69, 9.17) is 16.0 Å². The van der Waals surface area contributed by atoms with Crippen LogP contribution in [0.1, 0.15) is 53.6 Å². The summed E-state index contributed by atoms with van der Waals surface area (Å²) in [5, 5.41) is 10.5. The molecule has 0 aromatic carbocycles. The first-order chi connectivity index (χ1) is 9.72. The van der Waals surface area contributed by atoms with Crippen LogP contribution >= 0.6 is 22.9 Å². The molecule has 2 aromatic heterocycles. The maximum absolute atomic E-state index is 11.9. The van der Waals surface area contributed by atoms with Crippen LogP contribution < -0.4 is 5.32 Å². The molecule has 7 heteroatoms. The highest BCUT2D eigenvalue weighted by atomic mass is 35.5. The van der Waals surface area contributed by atoms with E-state index in [0.717, 1.165) is 12.8 Å². The average Bonchev–Trinajstić information content (AvgIpc) is 3.09. The van der Waals surface area contributed by atoms with Gasteiger partial charge in [0.05, 0.1) is 9.21 Å². The number of aromatic nitrogens is 2. The van der Waals surface area contributed by atoms with Crippen molar-refractivity contribution in [1.82, 2.24) is 10.2 Å². The Bertz CT molecular complexity index is 604.